The monoisotopic (exact) mass is 365 g/mol. The first-order chi connectivity index (χ1) is 13.0. The van der Waals surface area contributed by atoms with Gasteiger partial charge in [-0.2, -0.15) is 4.98 Å². The number of nitrogens with zero attached hydrogens (tertiary/aromatic N) is 3. The summed E-state index contributed by atoms with van der Waals surface area (Å²) in [5.74, 6) is 2.03. The molecule has 0 fully saturated rings. The van der Waals surface area contributed by atoms with E-state index in [-0.39, 0.29) is 11.7 Å². The van der Waals surface area contributed by atoms with Crippen LogP contribution >= 0.6 is 0 Å². The number of phenolic OH excluding ortho intramolecular Hbond substituents is 1. The minimum atomic E-state index is 0.156. The maximum Gasteiger partial charge on any atom is 0.266 e. The van der Waals surface area contributed by atoms with E-state index in [9.17, 15) is 5.11 Å². The molecule has 0 radical (unpaired) electrons. The van der Waals surface area contributed by atoms with E-state index in [2.05, 4.69) is 35.3 Å². The molecule has 27 heavy (non-hydrogen) atoms. The van der Waals surface area contributed by atoms with Crippen LogP contribution in [0.2, 0.25) is 0 Å². The first kappa shape index (κ1) is 17.4. The molecule has 6 nitrogen and oxygen atoms in total. The Bertz CT molecular complexity index is 965. The van der Waals surface area contributed by atoms with E-state index in [0.717, 1.165) is 22.3 Å². The number of ether oxygens (including phenoxy) is 1. The van der Waals surface area contributed by atoms with Crippen LogP contribution in [0.1, 0.15) is 36.8 Å². The fourth-order valence-corrected chi connectivity index (χ4v) is 3.31. The summed E-state index contributed by atoms with van der Waals surface area (Å²) in [4.78, 5) is 6.51. The number of hydrogen-bond donors (Lipinski definition) is 1. The Morgan fingerprint density at radius 2 is 2.00 bits per heavy atom. The number of anilines is 1. The zero-order valence-electron chi connectivity index (χ0n) is 15.8. The lowest BCUT2D eigenvalue weighted by molar-refractivity contribution is 0.311. The Labute approximate surface area is 158 Å². The van der Waals surface area contributed by atoms with Crippen molar-refractivity contribution in [2.24, 2.45) is 0 Å². The SMILES string of the molecule is Cc1ccccc1-c1cc(O)c2c(c1)CN(c1noc(C(C)C)n1)CCO2. The number of aryl methyl sites for hydroxylation is 1. The van der Waals surface area contributed by atoms with Gasteiger partial charge < -0.3 is 19.3 Å². The molecular weight excluding hydrogens is 342 g/mol. The van der Waals surface area contributed by atoms with Gasteiger partial charge >= 0.3 is 0 Å². The van der Waals surface area contributed by atoms with Crippen LogP contribution in [-0.2, 0) is 6.54 Å². The highest BCUT2D eigenvalue weighted by atomic mass is 16.5. The average Bonchev–Trinajstić information content (AvgIpc) is 3.03. The van der Waals surface area contributed by atoms with Crippen LogP contribution in [0.25, 0.3) is 11.1 Å². The molecule has 2 aromatic carbocycles. The second-order valence-electron chi connectivity index (χ2n) is 7.16. The summed E-state index contributed by atoms with van der Waals surface area (Å²) in [5, 5.41) is 14.7. The van der Waals surface area contributed by atoms with Crippen molar-refractivity contribution in [3.8, 4) is 22.6 Å². The van der Waals surface area contributed by atoms with Crippen molar-refractivity contribution in [2.45, 2.75) is 33.2 Å². The third kappa shape index (κ3) is 3.35. The van der Waals surface area contributed by atoms with Crippen molar-refractivity contribution >= 4 is 5.95 Å². The first-order valence-corrected chi connectivity index (χ1v) is 9.16. The van der Waals surface area contributed by atoms with Crippen LogP contribution in [-0.4, -0.2) is 28.4 Å². The van der Waals surface area contributed by atoms with Crippen LogP contribution < -0.4 is 9.64 Å². The number of benzene rings is 2. The van der Waals surface area contributed by atoms with Crippen LogP contribution in [0.4, 0.5) is 5.95 Å². The summed E-state index contributed by atoms with van der Waals surface area (Å²) >= 11 is 0. The van der Waals surface area contributed by atoms with Crippen LogP contribution in [0.5, 0.6) is 11.5 Å². The van der Waals surface area contributed by atoms with E-state index in [1.807, 2.05) is 30.9 Å². The average molecular weight is 365 g/mol. The van der Waals surface area contributed by atoms with Crippen molar-refractivity contribution in [3.05, 3.63) is 53.4 Å². The Balaban J connectivity index is 1.71. The van der Waals surface area contributed by atoms with E-state index < -0.39 is 0 Å². The quantitative estimate of drug-likeness (QED) is 0.747. The number of phenols is 1. The second-order valence-corrected chi connectivity index (χ2v) is 7.16. The normalized spacial score (nSPS) is 14.0. The minimum absolute atomic E-state index is 0.156. The molecule has 4 rings (SSSR count). The van der Waals surface area contributed by atoms with Gasteiger partial charge in [0.2, 0.25) is 5.89 Å². The standard InChI is InChI=1S/C21H23N3O3/c1-13(2)20-22-21(23-27-20)24-8-9-26-19-16(12-24)10-15(11-18(19)25)17-7-5-4-6-14(17)3/h4-7,10-11,13,25H,8-9,12H2,1-3H3. The molecule has 0 saturated carbocycles. The van der Waals surface area contributed by atoms with Gasteiger partial charge in [0.25, 0.3) is 5.95 Å². The molecule has 0 unspecified atom stereocenters. The zero-order chi connectivity index (χ0) is 19.0. The molecule has 1 aliphatic rings. The molecule has 3 aromatic rings. The summed E-state index contributed by atoms with van der Waals surface area (Å²) in [6, 6.07) is 12.0. The molecule has 1 aliphatic heterocycles. The minimum Gasteiger partial charge on any atom is -0.504 e. The largest absolute Gasteiger partial charge is 0.504 e. The Morgan fingerprint density at radius 1 is 1.19 bits per heavy atom. The molecule has 1 aromatic heterocycles. The van der Waals surface area contributed by atoms with Crippen LogP contribution in [0, 0.1) is 6.92 Å². The van der Waals surface area contributed by atoms with Gasteiger partial charge in [-0.15, -0.1) is 0 Å². The fraction of sp³-hybridized carbons (Fsp3) is 0.333. The topological polar surface area (TPSA) is 71.6 Å². The number of rotatable bonds is 3. The summed E-state index contributed by atoms with van der Waals surface area (Å²) in [5.41, 5.74) is 4.11. The summed E-state index contributed by atoms with van der Waals surface area (Å²) < 4.78 is 11.2. The van der Waals surface area contributed by atoms with Gasteiger partial charge in [0.15, 0.2) is 11.5 Å². The van der Waals surface area contributed by atoms with Gasteiger partial charge in [0.05, 0.1) is 6.54 Å². The second kappa shape index (κ2) is 6.95. The lowest BCUT2D eigenvalue weighted by Crippen LogP contribution is -2.26. The molecule has 2 heterocycles. The Hall–Kier alpha value is -3.02. The molecule has 1 N–H and O–H groups in total. The van der Waals surface area contributed by atoms with E-state index in [4.69, 9.17) is 9.26 Å². The predicted octanol–water partition coefficient (Wildman–Crippen LogP) is 4.27. The molecule has 0 amide bonds. The van der Waals surface area contributed by atoms with Gasteiger partial charge in [0.1, 0.15) is 6.61 Å². The van der Waals surface area contributed by atoms with E-state index in [1.165, 1.54) is 0 Å². The summed E-state index contributed by atoms with van der Waals surface area (Å²) in [6.45, 7) is 7.70. The zero-order valence-corrected chi connectivity index (χ0v) is 15.8. The molecule has 0 spiro atoms. The highest BCUT2D eigenvalue weighted by Crippen LogP contribution is 2.38. The van der Waals surface area contributed by atoms with Gasteiger partial charge in [-0.1, -0.05) is 38.1 Å². The number of aromatic hydroxyl groups is 1. The number of fused-ring (bicyclic) bond motifs is 1. The third-order valence-corrected chi connectivity index (χ3v) is 4.78. The van der Waals surface area contributed by atoms with E-state index in [0.29, 0.717) is 37.3 Å². The molecule has 140 valence electrons. The van der Waals surface area contributed by atoms with Crippen LogP contribution in [0.3, 0.4) is 0 Å². The van der Waals surface area contributed by atoms with Crippen molar-refractivity contribution in [3.63, 3.8) is 0 Å². The lowest BCUT2D eigenvalue weighted by atomic mass is 9.98. The molecule has 0 atom stereocenters. The van der Waals surface area contributed by atoms with Gasteiger partial charge in [-0.3, -0.25) is 0 Å². The van der Waals surface area contributed by atoms with Gasteiger partial charge in [-0.25, -0.2) is 0 Å². The van der Waals surface area contributed by atoms with Crippen LogP contribution in [0.15, 0.2) is 40.9 Å². The maximum absolute atomic E-state index is 10.6. The van der Waals surface area contributed by atoms with Crippen molar-refractivity contribution in [1.82, 2.24) is 10.1 Å². The van der Waals surface area contributed by atoms with Crippen molar-refractivity contribution < 1.29 is 14.4 Å². The molecule has 0 bridgehead atoms. The molecular formula is C21H23N3O3. The van der Waals surface area contributed by atoms with E-state index in [1.54, 1.807) is 6.07 Å². The Morgan fingerprint density at radius 3 is 2.74 bits per heavy atom. The van der Waals surface area contributed by atoms with E-state index >= 15 is 0 Å². The number of hydrogen-bond acceptors (Lipinski definition) is 6. The molecule has 6 heteroatoms. The fourth-order valence-electron chi connectivity index (χ4n) is 3.31. The first-order valence-electron chi connectivity index (χ1n) is 9.16. The highest BCUT2D eigenvalue weighted by molar-refractivity contribution is 5.72. The lowest BCUT2D eigenvalue weighted by Gasteiger charge is -2.17. The maximum atomic E-state index is 10.6. The third-order valence-electron chi connectivity index (χ3n) is 4.78. The van der Waals surface area contributed by atoms with Gasteiger partial charge in [0, 0.05) is 18.0 Å². The number of aromatic nitrogens is 2. The predicted molar refractivity (Wildman–Crippen MR) is 103 cm³/mol. The highest BCUT2D eigenvalue weighted by Gasteiger charge is 2.23. The Kier molecular flexibility index (Phi) is 4.48. The molecule has 0 saturated heterocycles. The summed E-state index contributed by atoms with van der Waals surface area (Å²) in [6.07, 6.45) is 0. The van der Waals surface area contributed by atoms with Crippen molar-refractivity contribution in [1.29, 1.82) is 0 Å². The molecule has 0 aliphatic carbocycles. The van der Waals surface area contributed by atoms with Gasteiger partial charge in [-0.05, 0) is 40.9 Å². The smallest absolute Gasteiger partial charge is 0.266 e. The summed E-state index contributed by atoms with van der Waals surface area (Å²) in [7, 11) is 0. The van der Waals surface area contributed by atoms with Crippen molar-refractivity contribution in [2.75, 3.05) is 18.1 Å².